The zero-order valence-corrected chi connectivity index (χ0v) is 12.5. The molecule has 0 atom stereocenters. The van der Waals surface area contributed by atoms with Gasteiger partial charge in [0.05, 0.1) is 12.3 Å². The minimum atomic E-state index is -0.219. The Balaban J connectivity index is 2.11. The van der Waals surface area contributed by atoms with Crippen LogP contribution in [0.15, 0.2) is 48.8 Å². The molecule has 0 aliphatic heterocycles. The number of nitrogens with one attached hydrogen (secondary N) is 1. The second kappa shape index (κ2) is 6.37. The largest absolute Gasteiger partial charge is 0.390 e. The van der Waals surface area contributed by atoms with Gasteiger partial charge in [-0.1, -0.05) is 11.3 Å². The molecule has 2 N–H and O–H groups in total. The molecule has 0 bridgehead atoms. The van der Waals surface area contributed by atoms with Crippen LogP contribution in [-0.4, -0.2) is 31.0 Å². The Kier molecular flexibility index (Phi) is 4.11. The van der Waals surface area contributed by atoms with Crippen molar-refractivity contribution in [1.82, 2.24) is 20.0 Å². The van der Waals surface area contributed by atoms with Crippen molar-refractivity contribution in [3.05, 3.63) is 54.5 Å². The smallest absolute Gasteiger partial charge is 0.221 e. The van der Waals surface area contributed by atoms with Crippen LogP contribution in [0.3, 0.4) is 0 Å². The van der Waals surface area contributed by atoms with Gasteiger partial charge in [0.25, 0.3) is 0 Å². The predicted octanol–water partition coefficient (Wildman–Crippen LogP) is 1.78. The van der Waals surface area contributed by atoms with E-state index in [9.17, 15) is 9.90 Å². The molecule has 116 valence electrons. The number of anilines is 1. The lowest BCUT2D eigenvalue weighted by molar-refractivity contribution is -0.114. The predicted molar refractivity (Wildman–Crippen MR) is 84.8 cm³/mol. The van der Waals surface area contributed by atoms with Gasteiger partial charge in [-0.05, 0) is 30.3 Å². The molecule has 3 rings (SSSR count). The molecule has 0 spiro atoms. The molecule has 0 fully saturated rings. The maximum absolute atomic E-state index is 11.2. The molecule has 0 radical (unpaired) electrons. The van der Waals surface area contributed by atoms with Crippen LogP contribution in [0, 0.1) is 0 Å². The molecular weight excluding hydrogens is 294 g/mol. The number of amides is 1. The van der Waals surface area contributed by atoms with Crippen molar-refractivity contribution < 1.29 is 9.90 Å². The van der Waals surface area contributed by atoms with Crippen LogP contribution < -0.4 is 5.32 Å². The van der Waals surface area contributed by atoms with E-state index in [1.54, 1.807) is 29.2 Å². The molecule has 1 aromatic carbocycles. The summed E-state index contributed by atoms with van der Waals surface area (Å²) in [5, 5.41) is 20.4. The number of benzene rings is 1. The van der Waals surface area contributed by atoms with Gasteiger partial charge in [-0.25, -0.2) is 4.68 Å². The van der Waals surface area contributed by atoms with E-state index in [4.69, 9.17) is 0 Å². The second-order valence-electron chi connectivity index (χ2n) is 4.92. The highest BCUT2D eigenvalue weighted by Gasteiger charge is 2.15. The lowest BCUT2D eigenvalue weighted by Gasteiger charge is -2.09. The zero-order chi connectivity index (χ0) is 16.2. The summed E-state index contributed by atoms with van der Waals surface area (Å²) in [5.74, 6) is -0.147. The molecule has 0 saturated heterocycles. The van der Waals surface area contributed by atoms with E-state index in [-0.39, 0.29) is 12.5 Å². The molecule has 0 aliphatic carbocycles. The van der Waals surface area contributed by atoms with Gasteiger partial charge in [0, 0.05) is 30.6 Å². The molecule has 7 heteroatoms. The number of aromatic nitrogens is 4. The number of aliphatic hydroxyl groups is 1. The fraction of sp³-hybridized carbons (Fsp3) is 0.125. The summed E-state index contributed by atoms with van der Waals surface area (Å²) in [4.78, 5) is 15.2. The first-order valence-electron chi connectivity index (χ1n) is 7.03. The summed E-state index contributed by atoms with van der Waals surface area (Å²) >= 11 is 0. The van der Waals surface area contributed by atoms with Gasteiger partial charge < -0.3 is 10.4 Å². The monoisotopic (exact) mass is 309 g/mol. The maximum Gasteiger partial charge on any atom is 0.221 e. The van der Waals surface area contributed by atoms with Crippen molar-refractivity contribution >= 4 is 11.6 Å². The zero-order valence-electron chi connectivity index (χ0n) is 12.5. The van der Waals surface area contributed by atoms with Crippen LogP contribution in [0.1, 0.15) is 12.6 Å². The van der Waals surface area contributed by atoms with Crippen molar-refractivity contribution in [1.29, 1.82) is 0 Å². The lowest BCUT2D eigenvalue weighted by Crippen LogP contribution is -2.07. The molecule has 0 saturated carbocycles. The summed E-state index contributed by atoms with van der Waals surface area (Å²) in [6.45, 7) is 1.23. The molecule has 1 amide bonds. The average molecular weight is 309 g/mol. The van der Waals surface area contributed by atoms with E-state index in [1.165, 1.54) is 6.92 Å². The van der Waals surface area contributed by atoms with Gasteiger partial charge in [-0.2, -0.15) is 0 Å². The summed E-state index contributed by atoms with van der Waals surface area (Å²) in [5.41, 5.74) is 3.40. The van der Waals surface area contributed by atoms with Crippen molar-refractivity contribution in [3.63, 3.8) is 0 Å². The second-order valence-corrected chi connectivity index (χ2v) is 4.92. The molecule has 3 aromatic rings. The van der Waals surface area contributed by atoms with Crippen molar-refractivity contribution in [3.8, 4) is 16.9 Å². The highest BCUT2D eigenvalue weighted by molar-refractivity contribution is 5.89. The van der Waals surface area contributed by atoms with E-state index in [2.05, 4.69) is 20.6 Å². The van der Waals surface area contributed by atoms with Crippen LogP contribution in [0.2, 0.25) is 0 Å². The minimum absolute atomic E-state index is 0.147. The summed E-state index contributed by atoms with van der Waals surface area (Å²) in [6, 6.07) is 10.9. The first kappa shape index (κ1) is 14.9. The molecule has 0 aliphatic rings. The van der Waals surface area contributed by atoms with E-state index in [0.717, 1.165) is 11.3 Å². The van der Waals surface area contributed by atoms with E-state index >= 15 is 0 Å². The van der Waals surface area contributed by atoms with Crippen LogP contribution in [0.4, 0.5) is 5.69 Å². The van der Waals surface area contributed by atoms with Crippen LogP contribution in [-0.2, 0) is 11.4 Å². The number of hydrogen-bond acceptors (Lipinski definition) is 5. The van der Waals surface area contributed by atoms with Crippen molar-refractivity contribution in [2.75, 3.05) is 5.32 Å². The third-order valence-corrected chi connectivity index (χ3v) is 3.25. The quantitative estimate of drug-likeness (QED) is 0.766. The minimum Gasteiger partial charge on any atom is -0.390 e. The number of rotatable bonds is 4. The number of hydrogen-bond donors (Lipinski definition) is 2. The van der Waals surface area contributed by atoms with Gasteiger partial charge in [-0.3, -0.25) is 9.78 Å². The third-order valence-electron chi connectivity index (χ3n) is 3.25. The maximum atomic E-state index is 11.2. The molecule has 23 heavy (non-hydrogen) atoms. The van der Waals surface area contributed by atoms with E-state index < -0.39 is 0 Å². The fourth-order valence-electron chi connectivity index (χ4n) is 2.32. The normalized spacial score (nSPS) is 10.5. The fourth-order valence-corrected chi connectivity index (χ4v) is 2.32. The van der Waals surface area contributed by atoms with Gasteiger partial charge in [0.1, 0.15) is 11.4 Å². The Labute approximate surface area is 132 Å². The molecular formula is C16H15N5O2. The topological polar surface area (TPSA) is 92.9 Å². The van der Waals surface area contributed by atoms with E-state index in [1.807, 2.05) is 24.3 Å². The Bertz CT molecular complexity index is 829. The van der Waals surface area contributed by atoms with Gasteiger partial charge >= 0.3 is 0 Å². The van der Waals surface area contributed by atoms with Crippen LogP contribution in [0.5, 0.6) is 0 Å². The summed E-state index contributed by atoms with van der Waals surface area (Å²) in [7, 11) is 0. The SMILES string of the molecule is CC(=O)Nc1cccc(-n2nnc(CO)c2-c2ccncc2)c1. The van der Waals surface area contributed by atoms with Gasteiger partial charge in [-0.15, -0.1) is 5.10 Å². The highest BCUT2D eigenvalue weighted by Crippen LogP contribution is 2.25. The van der Waals surface area contributed by atoms with Gasteiger partial charge in [0.15, 0.2) is 0 Å². The average Bonchev–Trinajstić information content (AvgIpc) is 2.99. The highest BCUT2D eigenvalue weighted by atomic mass is 16.3. The Morgan fingerprint density at radius 3 is 2.74 bits per heavy atom. The lowest BCUT2D eigenvalue weighted by atomic mass is 10.1. The standard InChI is InChI=1S/C16H15N5O2/c1-11(23)18-13-3-2-4-14(9-13)21-16(15(10-22)19-20-21)12-5-7-17-8-6-12/h2-9,22H,10H2,1H3,(H,18,23). The first-order valence-corrected chi connectivity index (χ1v) is 7.03. The van der Waals surface area contributed by atoms with Crippen LogP contribution in [0.25, 0.3) is 16.9 Å². The number of aliphatic hydroxyl groups excluding tert-OH is 1. The number of carbonyl (C=O) groups is 1. The van der Waals surface area contributed by atoms with Crippen molar-refractivity contribution in [2.45, 2.75) is 13.5 Å². The van der Waals surface area contributed by atoms with Crippen LogP contribution >= 0.6 is 0 Å². The first-order chi connectivity index (χ1) is 11.2. The third kappa shape index (κ3) is 3.09. The molecule has 2 aromatic heterocycles. The molecule has 7 nitrogen and oxygen atoms in total. The number of nitrogens with zero attached hydrogens (tertiary/aromatic N) is 4. The Hall–Kier alpha value is -3.06. The number of pyridine rings is 1. The van der Waals surface area contributed by atoms with Gasteiger partial charge in [0.2, 0.25) is 5.91 Å². The summed E-state index contributed by atoms with van der Waals surface area (Å²) < 4.78 is 1.63. The molecule has 0 unspecified atom stereocenters. The number of carbonyl (C=O) groups excluding carboxylic acids is 1. The van der Waals surface area contributed by atoms with Crippen molar-refractivity contribution in [2.24, 2.45) is 0 Å². The van der Waals surface area contributed by atoms with E-state index in [0.29, 0.717) is 17.1 Å². The Morgan fingerprint density at radius 1 is 1.26 bits per heavy atom. The Morgan fingerprint density at radius 2 is 2.04 bits per heavy atom. The molecule has 2 heterocycles. The summed E-state index contributed by atoms with van der Waals surface area (Å²) in [6.07, 6.45) is 3.34.